The number of hydrogen-bond acceptors (Lipinski definition) is 9. The fourth-order valence-corrected chi connectivity index (χ4v) is 5.62. The number of rotatable bonds is 10. The number of anilines is 1. The average molecular weight is 573 g/mol. The number of thiazole rings is 1. The summed E-state index contributed by atoms with van der Waals surface area (Å²) in [4.78, 5) is 33.2. The van der Waals surface area contributed by atoms with Crippen LogP contribution in [0.3, 0.4) is 0 Å². The predicted octanol–water partition coefficient (Wildman–Crippen LogP) is 5.90. The zero-order valence-electron chi connectivity index (χ0n) is 22.7. The summed E-state index contributed by atoms with van der Waals surface area (Å²) in [5.74, 6) is 0.185. The molecule has 1 aromatic heterocycles. The SMILES string of the molecule is C=CCOc1ccc(C2/C(=C(\O)c3ccc(OC)cc3)C(=O)C(=O)N2c2nc3ccc(OC)cc3s2)cc1OCC. The van der Waals surface area contributed by atoms with Gasteiger partial charge in [-0.1, -0.05) is 30.1 Å². The molecule has 0 bridgehead atoms. The Morgan fingerprint density at radius 3 is 2.41 bits per heavy atom. The van der Waals surface area contributed by atoms with Crippen LogP contribution in [0.15, 0.2) is 78.9 Å². The lowest BCUT2D eigenvalue weighted by molar-refractivity contribution is -0.132. The summed E-state index contributed by atoms with van der Waals surface area (Å²) in [5, 5.41) is 11.8. The second-order valence-electron chi connectivity index (χ2n) is 8.97. The van der Waals surface area contributed by atoms with Crippen LogP contribution >= 0.6 is 11.3 Å². The Morgan fingerprint density at radius 1 is 1.00 bits per heavy atom. The van der Waals surface area contributed by atoms with E-state index in [1.54, 1.807) is 67.8 Å². The van der Waals surface area contributed by atoms with Crippen LogP contribution in [-0.4, -0.2) is 49.2 Å². The number of carbonyl (C=O) groups excluding carboxylic acids is 2. The Balaban J connectivity index is 1.71. The number of Topliss-reactive ketones (excluding diaryl/α,β-unsaturated/α-hetero) is 1. The quantitative estimate of drug-likeness (QED) is 0.108. The lowest BCUT2D eigenvalue weighted by Crippen LogP contribution is -2.29. The number of ketones is 1. The van der Waals surface area contributed by atoms with Gasteiger partial charge in [-0.05, 0) is 67.1 Å². The lowest BCUT2D eigenvalue weighted by Gasteiger charge is -2.24. The maximum absolute atomic E-state index is 13.6. The van der Waals surface area contributed by atoms with Crippen LogP contribution in [0.25, 0.3) is 16.0 Å². The van der Waals surface area contributed by atoms with Gasteiger partial charge in [-0.25, -0.2) is 4.98 Å². The van der Waals surface area contributed by atoms with Crippen LogP contribution < -0.4 is 23.8 Å². The van der Waals surface area contributed by atoms with Gasteiger partial charge in [0.2, 0.25) is 0 Å². The van der Waals surface area contributed by atoms with Gasteiger partial charge in [0.05, 0.1) is 42.7 Å². The number of amides is 1. The van der Waals surface area contributed by atoms with E-state index in [1.165, 1.54) is 23.3 Å². The molecule has 1 unspecified atom stereocenters. The highest BCUT2D eigenvalue weighted by molar-refractivity contribution is 7.22. The number of fused-ring (bicyclic) bond motifs is 1. The summed E-state index contributed by atoms with van der Waals surface area (Å²) in [6, 6.07) is 16.1. The fourth-order valence-electron chi connectivity index (χ4n) is 4.60. The molecular weight excluding hydrogens is 544 g/mol. The monoisotopic (exact) mass is 572 g/mol. The molecule has 10 heteroatoms. The van der Waals surface area contributed by atoms with Crippen molar-refractivity contribution in [1.29, 1.82) is 0 Å². The number of nitrogens with zero attached hydrogens (tertiary/aromatic N) is 2. The first kappa shape index (κ1) is 27.7. The minimum atomic E-state index is -0.993. The van der Waals surface area contributed by atoms with Crippen molar-refractivity contribution in [2.24, 2.45) is 0 Å². The first-order valence-corrected chi connectivity index (χ1v) is 13.6. The smallest absolute Gasteiger partial charge is 0.301 e. The molecule has 1 fully saturated rings. The van der Waals surface area contributed by atoms with Crippen molar-refractivity contribution in [3.63, 3.8) is 0 Å². The first-order valence-electron chi connectivity index (χ1n) is 12.8. The molecule has 1 atom stereocenters. The highest BCUT2D eigenvalue weighted by Gasteiger charge is 2.48. The number of benzene rings is 3. The third-order valence-electron chi connectivity index (χ3n) is 6.54. The highest BCUT2D eigenvalue weighted by atomic mass is 32.1. The zero-order valence-corrected chi connectivity index (χ0v) is 23.6. The summed E-state index contributed by atoms with van der Waals surface area (Å²) in [6.07, 6.45) is 1.62. The zero-order chi connectivity index (χ0) is 29.1. The number of hydrogen-bond donors (Lipinski definition) is 1. The van der Waals surface area contributed by atoms with Crippen molar-refractivity contribution in [2.45, 2.75) is 13.0 Å². The number of ether oxygens (including phenoxy) is 4. The molecule has 9 nitrogen and oxygen atoms in total. The minimum absolute atomic E-state index is 0.0702. The van der Waals surface area contributed by atoms with E-state index in [1.807, 2.05) is 13.0 Å². The van der Waals surface area contributed by atoms with Crippen molar-refractivity contribution in [3.05, 3.63) is 90.0 Å². The van der Waals surface area contributed by atoms with Gasteiger partial charge in [0.1, 0.15) is 23.9 Å². The van der Waals surface area contributed by atoms with Gasteiger partial charge in [0, 0.05) is 5.56 Å². The molecule has 1 N–H and O–H groups in total. The van der Waals surface area contributed by atoms with E-state index >= 15 is 0 Å². The lowest BCUT2D eigenvalue weighted by atomic mass is 9.95. The first-order chi connectivity index (χ1) is 19.9. The van der Waals surface area contributed by atoms with Crippen molar-refractivity contribution in [1.82, 2.24) is 4.98 Å². The second-order valence-corrected chi connectivity index (χ2v) is 9.98. The second kappa shape index (κ2) is 11.7. The topological polar surface area (TPSA) is 107 Å². The normalized spacial score (nSPS) is 16.2. The van der Waals surface area contributed by atoms with Crippen molar-refractivity contribution < 1.29 is 33.6 Å². The maximum Gasteiger partial charge on any atom is 0.301 e. The molecule has 0 saturated carbocycles. The molecule has 5 rings (SSSR count). The molecule has 1 amide bonds. The van der Waals surface area contributed by atoms with E-state index in [2.05, 4.69) is 11.6 Å². The molecule has 41 heavy (non-hydrogen) atoms. The molecule has 4 aromatic rings. The van der Waals surface area contributed by atoms with Gasteiger partial charge in [-0.2, -0.15) is 0 Å². The summed E-state index contributed by atoms with van der Waals surface area (Å²) in [5.41, 5.74) is 1.47. The molecule has 0 radical (unpaired) electrons. The Hall–Kier alpha value is -4.83. The minimum Gasteiger partial charge on any atom is -0.507 e. The fraction of sp³-hybridized carbons (Fsp3) is 0.194. The number of aromatic nitrogens is 1. The number of aliphatic hydroxyl groups is 1. The molecule has 1 saturated heterocycles. The number of carbonyl (C=O) groups is 2. The van der Waals surface area contributed by atoms with E-state index in [9.17, 15) is 14.7 Å². The largest absolute Gasteiger partial charge is 0.507 e. The van der Waals surface area contributed by atoms with Crippen molar-refractivity contribution >= 4 is 44.1 Å². The number of aliphatic hydroxyl groups excluding tert-OH is 1. The molecule has 210 valence electrons. The van der Waals surface area contributed by atoms with Crippen molar-refractivity contribution in [3.8, 4) is 23.0 Å². The Labute approximate surface area is 240 Å². The van der Waals surface area contributed by atoms with Crippen LogP contribution in [0.1, 0.15) is 24.1 Å². The van der Waals surface area contributed by atoms with Gasteiger partial charge in [0.25, 0.3) is 5.78 Å². The third kappa shape index (κ3) is 5.21. The van der Waals surface area contributed by atoms with Crippen LogP contribution in [0, 0.1) is 0 Å². The van der Waals surface area contributed by atoms with E-state index in [0.29, 0.717) is 51.4 Å². The molecule has 1 aliphatic rings. The Kier molecular flexibility index (Phi) is 7.93. The van der Waals surface area contributed by atoms with Crippen LogP contribution in [-0.2, 0) is 9.59 Å². The van der Waals surface area contributed by atoms with Crippen LogP contribution in [0.5, 0.6) is 23.0 Å². The van der Waals surface area contributed by atoms with Crippen LogP contribution in [0.2, 0.25) is 0 Å². The van der Waals surface area contributed by atoms with Gasteiger partial charge in [-0.15, -0.1) is 0 Å². The van der Waals surface area contributed by atoms with E-state index < -0.39 is 17.7 Å². The third-order valence-corrected chi connectivity index (χ3v) is 7.56. The van der Waals surface area contributed by atoms with Crippen molar-refractivity contribution in [2.75, 3.05) is 32.3 Å². The van der Waals surface area contributed by atoms with Crippen LogP contribution in [0.4, 0.5) is 5.13 Å². The van der Waals surface area contributed by atoms with Gasteiger partial charge in [0.15, 0.2) is 16.6 Å². The average Bonchev–Trinajstić information content (AvgIpc) is 3.53. The van der Waals surface area contributed by atoms with E-state index in [-0.39, 0.29) is 17.9 Å². The number of methoxy groups -OCH3 is 2. The van der Waals surface area contributed by atoms with Gasteiger partial charge in [-0.3, -0.25) is 14.5 Å². The van der Waals surface area contributed by atoms with E-state index in [4.69, 9.17) is 18.9 Å². The molecule has 3 aromatic carbocycles. The summed E-state index contributed by atoms with van der Waals surface area (Å²) < 4.78 is 22.9. The maximum atomic E-state index is 13.6. The van der Waals surface area contributed by atoms with Gasteiger partial charge >= 0.3 is 5.91 Å². The van der Waals surface area contributed by atoms with E-state index in [0.717, 1.165) is 4.70 Å². The molecule has 0 aliphatic carbocycles. The summed E-state index contributed by atoms with van der Waals surface area (Å²) in [7, 11) is 3.10. The molecule has 2 heterocycles. The molecule has 1 aliphatic heterocycles. The Morgan fingerprint density at radius 2 is 1.73 bits per heavy atom. The predicted molar refractivity (Wildman–Crippen MR) is 157 cm³/mol. The Bertz CT molecular complexity index is 1660. The summed E-state index contributed by atoms with van der Waals surface area (Å²) in [6.45, 7) is 6.16. The summed E-state index contributed by atoms with van der Waals surface area (Å²) >= 11 is 1.25. The molecular formula is C31H28N2O7S. The van der Waals surface area contributed by atoms with Gasteiger partial charge < -0.3 is 24.1 Å². The highest BCUT2D eigenvalue weighted by Crippen LogP contribution is 2.46. The standard InChI is InChI=1S/C31H28N2O7S/c1-5-15-40-23-14-9-19(16-24(23)39-6-2)27-26(28(34)18-7-10-20(37-3)11-8-18)29(35)30(36)33(27)31-32-22-13-12-21(38-4)17-25(22)41-31/h5,7-14,16-17,27,34H,1,6,15H2,2-4H3/b28-26+. The molecule has 0 spiro atoms.